The van der Waals surface area contributed by atoms with Crippen molar-refractivity contribution in [1.82, 2.24) is 10.3 Å². The van der Waals surface area contributed by atoms with E-state index in [1.807, 2.05) is 37.3 Å². The highest BCUT2D eigenvalue weighted by Gasteiger charge is 2.20. The number of amidine groups is 1. The standard InChI is InChI=1S/C16H20N4O/c1-2-14(16(17)20-21)19-15(12-6-4-3-5-7-12)13-8-10-18-11-9-13/h3-11,14-15,19,21H,2H2,1H3,(H2,17,20). The third kappa shape index (κ3) is 3.79. The summed E-state index contributed by atoms with van der Waals surface area (Å²) in [5.41, 5.74) is 7.96. The van der Waals surface area contributed by atoms with Gasteiger partial charge in [0.05, 0.1) is 12.1 Å². The molecule has 2 rings (SSSR count). The first-order valence-corrected chi connectivity index (χ1v) is 6.94. The molecule has 1 aromatic carbocycles. The zero-order valence-corrected chi connectivity index (χ0v) is 12.0. The van der Waals surface area contributed by atoms with E-state index in [1.54, 1.807) is 12.4 Å². The van der Waals surface area contributed by atoms with Crippen molar-refractivity contribution < 1.29 is 5.21 Å². The van der Waals surface area contributed by atoms with Crippen molar-refractivity contribution in [3.63, 3.8) is 0 Å². The van der Waals surface area contributed by atoms with Gasteiger partial charge in [-0.15, -0.1) is 0 Å². The van der Waals surface area contributed by atoms with Crippen molar-refractivity contribution in [2.24, 2.45) is 10.9 Å². The fourth-order valence-electron chi connectivity index (χ4n) is 2.27. The van der Waals surface area contributed by atoms with Crippen LogP contribution < -0.4 is 11.1 Å². The highest BCUT2D eigenvalue weighted by molar-refractivity contribution is 5.85. The highest BCUT2D eigenvalue weighted by Crippen LogP contribution is 2.22. The second kappa shape index (κ2) is 7.40. The molecule has 0 aliphatic rings. The monoisotopic (exact) mass is 284 g/mol. The van der Waals surface area contributed by atoms with E-state index in [4.69, 9.17) is 10.9 Å². The lowest BCUT2D eigenvalue weighted by Gasteiger charge is -2.25. The van der Waals surface area contributed by atoms with Crippen LogP contribution >= 0.6 is 0 Å². The maximum Gasteiger partial charge on any atom is 0.156 e. The number of benzene rings is 1. The lowest BCUT2D eigenvalue weighted by molar-refractivity contribution is 0.313. The molecule has 4 N–H and O–H groups in total. The quantitative estimate of drug-likeness (QED) is 0.329. The number of rotatable bonds is 6. The Morgan fingerprint density at radius 1 is 1.19 bits per heavy atom. The molecule has 2 atom stereocenters. The SMILES string of the molecule is CCC(NC(c1ccccc1)c1ccncc1)C(N)=NO. The summed E-state index contributed by atoms with van der Waals surface area (Å²) in [6.45, 7) is 1.99. The van der Waals surface area contributed by atoms with Crippen LogP contribution in [0.15, 0.2) is 60.0 Å². The summed E-state index contributed by atoms with van der Waals surface area (Å²) >= 11 is 0. The third-order valence-electron chi connectivity index (χ3n) is 3.42. The highest BCUT2D eigenvalue weighted by atomic mass is 16.4. The molecule has 0 radical (unpaired) electrons. The number of nitrogens with two attached hydrogens (primary N) is 1. The van der Waals surface area contributed by atoms with Gasteiger partial charge in [0.25, 0.3) is 0 Å². The summed E-state index contributed by atoms with van der Waals surface area (Å²) in [5.74, 6) is 0.187. The first-order chi connectivity index (χ1) is 10.3. The van der Waals surface area contributed by atoms with Gasteiger partial charge in [0, 0.05) is 12.4 Å². The Morgan fingerprint density at radius 2 is 1.81 bits per heavy atom. The predicted molar refractivity (Wildman–Crippen MR) is 83.1 cm³/mol. The summed E-state index contributed by atoms with van der Waals surface area (Å²) in [4.78, 5) is 4.06. The molecule has 110 valence electrons. The van der Waals surface area contributed by atoms with Gasteiger partial charge in [0.2, 0.25) is 0 Å². The van der Waals surface area contributed by atoms with E-state index in [-0.39, 0.29) is 17.9 Å². The van der Waals surface area contributed by atoms with Crippen molar-refractivity contribution in [2.45, 2.75) is 25.4 Å². The van der Waals surface area contributed by atoms with E-state index < -0.39 is 0 Å². The number of pyridine rings is 1. The van der Waals surface area contributed by atoms with E-state index >= 15 is 0 Å². The second-order valence-electron chi connectivity index (χ2n) is 4.78. The number of oxime groups is 1. The van der Waals surface area contributed by atoms with E-state index in [0.717, 1.165) is 17.5 Å². The Labute approximate surface area is 124 Å². The van der Waals surface area contributed by atoms with Crippen LogP contribution in [0.3, 0.4) is 0 Å². The van der Waals surface area contributed by atoms with Gasteiger partial charge < -0.3 is 10.9 Å². The summed E-state index contributed by atoms with van der Waals surface area (Å²) in [6, 6.07) is 13.8. The van der Waals surface area contributed by atoms with Gasteiger partial charge in [-0.25, -0.2) is 0 Å². The molecule has 0 amide bonds. The normalized spacial score (nSPS) is 14.6. The van der Waals surface area contributed by atoms with E-state index in [1.165, 1.54) is 0 Å². The van der Waals surface area contributed by atoms with Gasteiger partial charge in [0.1, 0.15) is 0 Å². The fraction of sp³-hybridized carbons (Fsp3) is 0.250. The van der Waals surface area contributed by atoms with Crippen LogP contribution in [-0.4, -0.2) is 22.1 Å². The molecule has 0 saturated heterocycles. The average Bonchev–Trinajstić information content (AvgIpc) is 2.57. The van der Waals surface area contributed by atoms with Crippen molar-refractivity contribution in [3.8, 4) is 0 Å². The van der Waals surface area contributed by atoms with Gasteiger partial charge >= 0.3 is 0 Å². The molecule has 5 heteroatoms. The minimum absolute atomic E-state index is 0.0422. The number of hydrogen-bond acceptors (Lipinski definition) is 4. The fourth-order valence-corrected chi connectivity index (χ4v) is 2.27. The second-order valence-corrected chi connectivity index (χ2v) is 4.78. The maximum atomic E-state index is 8.90. The Balaban J connectivity index is 2.33. The zero-order chi connectivity index (χ0) is 15.1. The van der Waals surface area contributed by atoms with Crippen molar-refractivity contribution in [1.29, 1.82) is 0 Å². The molecular formula is C16H20N4O. The minimum Gasteiger partial charge on any atom is -0.409 e. The molecule has 2 unspecified atom stereocenters. The van der Waals surface area contributed by atoms with Gasteiger partial charge in [-0.3, -0.25) is 10.3 Å². The Morgan fingerprint density at radius 3 is 2.38 bits per heavy atom. The van der Waals surface area contributed by atoms with Crippen molar-refractivity contribution >= 4 is 5.84 Å². The molecule has 0 aliphatic carbocycles. The molecule has 0 aliphatic heterocycles. The average molecular weight is 284 g/mol. The molecule has 0 bridgehead atoms. The summed E-state index contributed by atoms with van der Waals surface area (Å²) < 4.78 is 0. The molecule has 0 saturated carbocycles. The summed E-state index contributed by atoms with van der Waals surface area (Å²) in [6.07, 6.45) is 4.25. The molecule has 5 nitrogen and oxygen atoms in total. The van der Waals surface area contributed by atoms with Crippen LogP contribution in [0.25, 0.3) is 0 Å². The van der Waals surface area contributed by atoms with Crippen LogP contribution in [0.5, 0.6) is 0 Å². The largest absolute Gasteiger partial charge is 0.409 e. The summed E-state index contributed by atoms with van der Waals surface area (Å²) in [7, 11) is 0. The molecule has 1 heterocycles. The Kier molecular flexibility index (Phi) is 5.29. The van der Waals surface area contributed by atoms with Crippen LogP contribution in [0.4, 0.5) is 0 Å². The number of nitrogens with one attached hydrogen (secondary N) is 1. The molecular weight excluding hydrogens is 264 g/mol. The number of hydrogen-bond donors (Lipinski definition) is 3. The smallest absolute Gasteiger partial charge is 0.156 e. The zero-order valence-electron chi connectivity index (χ0n) is 12.0. The predicted octanol–water partition coefficient (Wildman–Crippen LogP) is 2.29. The van der Waals surface area contributed by atoms with E-state index in [9.17, 15) is 0 Å². The molecule has 0 spiro atoms. The van der Waals surface area contributed by atoms with Gasteiger partial charge in [0.15, 0.2) is 5.84 Å². The maximum absolute atomic E-state index is 8.90. The number of nitrogens with zero attached hydrogens (tertiary/aromatic N) is 2. The lowest BCUT2D eigenvalue weighted by Crippen LogP contribution is -2.43. The van der Waals surface area contributed by atoms with E-state index in [2.05, 4.69) is 27.6 Å². The third-order valence-corrected chi connectivity index (χ3v) is 3.42. The van der Waals surface area contributed by atoms with E-state index in [0.29, 0.717) is 0 Å². The Hall–Kier alpha value is -2.40. The van der Waals surface area contributed by atoms with Crippen LogP contribution in [0.1, 0.15) is 30.5 Å². The van der Waals surface area contributed by atoms with Crippen molar-refractivity contribution in [2.75, 3.05) is 0 Å². The van der Waals surface area contributed by atoms with Gasteiger partial charge in [-0.05, 0) is 29.7 Å². The van der Waals surface area contributed by atoms with Crippen LogP contribution in [0.2, 0.25) is 0 Å². The van der Waals surface area contributed by atoms with Gasteiger partial charge in [-0.1, -0.05) is 42.4 Å². The summed E-state index contributed by atoms with van der Waals surface area (Å²) in [5, 5.41) is 15.5. The first kappa shape index (κ1) is 15.0. The minimum atomic E-state index is -0.201. The molecule has 0 fully saturated rings. The van der Waals surface area contributed by atoms with Crippen LogP contribution in [0, 0.1) is 0 Å². The van der Waals surface area contributed by atoms with Gasteiger partial charge in [-0.2, -0.15) is 0 Å². The first-order valence-electron chi connectivity index (χ1n) is 6.94. The Bertz CT molecular complexity index is 532. The topological polar surface area (TPSA) is 83.5 Å². The van der Waals surface area contributed by atoms with Crippen LogP contribution in [-0.2, 0) is 0 Å². The molecule has 21 heavy (non-hydrogen) atoms. The lowest BCUT2D eigenvalue weighted by atomic mass is 9.98. The molecule has 1 aromatic heterocycles. The van der Waals surface area contributed by atoms with Crippen molar-refractivity contribution in [3.05, 3.63) is 66.0 Å². The number of aromatic nitrogens is 1. The molecule has 2 aromatic rings.